The van der Waals surface area contributed by atoms with E-state index in [1.807, 2.05) is 0 Å². The van der Waals surface area contributed by atoms with Crippen LogP contribution in [0.3, 0.4) is 0 Å². The van der Waals surface area contributed by atoms with Crippen LogP contribution >= 0.6 is 0 Å². The van der Waals surface area contributed by atoms with E-state index in [-0.39, 0.29) is 11.5 Å². The second-order valence-corrected chi connectivity index (χ2v) is 7.59. The molecule has 3 heteroatoms. The molecular weight excluding hydrogens is 224 g/mol. The van der Waals surface area contributed by atoms with Crippen LogP contribution in [0, 0.1) is 10.8 Å². The first-order chi connectivity index (χ1) is 8.32. The Morgan fingerprint density at radius 2 is 1.83 bits per heavy atom. The first-order valence-electron chi connectivity index (χ1n) is 7.36. The molecular formula is C15H30N2O. The molecule has 2 rings (SSSR count). The topological polar surface area (TPSA) is 38.5 Å². The maximum atomic E-state index is 6.18. The van der Waals surface area contributed by atoms with Crippen LogP contribution in [-0.4, -0.2) is 43.8 Å². The highest BCUT2D eigenvalue weighted by Crippen LogP contribution is 2.38. The molecule has 18 heavy (non-hydrogen) atoms. The molecule has 0 radical (unpaired) electrons. The molecule has 0 aromatic rings. The third kappa shape index (κ3) is 3.06. The minimum absolute atomic E-state index is 0.141. The van der Waals surface area contributed by atoms with Crippen LogP contribution < -0.4 is 5.73 Å². The molecule has 0 amide bonds. The Labute approximate surface area is 112 Å². The quantitative estimate of drug-likeness (QED) is 0.839. The van der Waals surface area contributed by atoms with E-state index in [0.717, 1.165) is 25.8 Å². The first-order valence-corrected chi connectivity index (χ1v) is 7.36. The van der Waals surface area contributed by atoms with Gasteiger partial charge in [0.2, 0.25) is 0 Å². The Morgan fingerprint density at radius 1 is 1.22 bits per heavy atom. The van der Waals surface area contributed by atoms with Crippen LogP contribution in [0.15, 0.2) is 0 Å². The number of nitrogens with zero attached hydrogens (tertiary/aromatic N) is 1. The lowest BCUT2D eigenvalue weighted by molar-refractivity contribution is 0.0763. The van der Waals surface area contributed by atoms with Crippen molar-refractivity contribution < 1.29 is 4.74 Å². The fraction of sp³-hybridized carbons (Fsp3) is 1.00. The van der Waals surface area contributed by atoms with Gasteiger partial charge in [0.25, 0.3) is 0 Å². The second-order valence-electron chi connectivity index (χ2n) is 7.59. The Morgan fingerprint density at radius 3 is 2.33 bits per heavy atom. The lowest BCUT2D eigenvalue weighted by atomic mass is 9.75. The van der Waals surface area contributed by atoms with E-state index < -0.39 is 0 Å². The summed E-state index contributed by atoms with van der Waals surface area (Å²) in [6, 6.07) is 0.933. The van der Waals surface area contributed by atoms with Crippen LogP contribution in [0.1, 0.15) is 46.5 Å². The Bertz CT molecular complexity index is 282. The van der Waals surface area contributed by atoms with E-state index >= 15 is 0 Å². The fourth-order valence-electron chi connectivity index (χ4n) is 3.41. The molecule has 1 aliphatic heterocycles. The summed E-state index contributed by atoms with van der Waals surface area (Å²) in [4.78, 5) is 2.53. The van der Waals surface area contributed by atoms with E-state index in [1.165, 1.54) is 25.7 Å². The Hall–Kier alpha value is -0.120. The number of ether oxygens (including phenoxy) is 1. The van der Waals surface area contributed by atoms with Gasteiger partial charge in [0.05, 0.1) is 13.2 Å². The van der Waals surface area contributed by atoms with Crippen molar-refractivity contribution in [2.45, 2.75) is 58.5 Å². The molecule has 1 heterocycles. The van der Waals surface area contributed by atoms with Crippen LogP contribution in [-0.2, 0) is 4.74 Å². The van der Waals surface area contributed by atoms with Gasteiger partial charge in [-0.15, -0.1) is 0 Å². The summed E-state index contributed by atoms with van der Waals surface area (Å²) in [5.41, 5.74) is 6.87. The zero-order valence-corrected chi connectivity index (χ0v) is 12.5. The summed E-state index contributed by atoms with van der Waals surface area (Å²) < 4.78 is 5.54. The van der Waals surface area contributed by atoms with Crippen molar-refractivity contribution in [3.63, 3.8) is 0 Å². The number of rotatable bonds is 3. The fourth-order valence-corrected chi connectivity index (χ4v) is 3.41. The SMILES string of the molecule is CN(CC1(C)COCC1N)C1CCC(C)(C)CC1. The summed E-state index contributed by atoms with van der Waals surface area (Å²) in [5.74, 6) is 0. The van der Waals surface area contributed by atoms with Crippen molar-refractivity contribution in [2.24, 2.45) is 16.6 Å². The predicted molar refractivity (Wildman–Crippen MR) is 75.6 cm³/mol. The van der Waals surface area contributed by atoms with Crippen LogP contribution in [0.4, 0.5) is 0 Å². The van der Waals surface area contributed by atoms with Crippen LogP contribution in [0.2, 0.25) is 0 Å². The molecule has 106 valence electrons. The summed E-state index contributed by atoms with van der Waals surface area (Å²) in [7, 11) is 2.26. The molecule has 2 N–H and O–H groups in total. The highest BCUT2D eigenvalue weighted by atomic mass is 16.5. The monoisotopic (exact) mass is 254 g/mol. The Kier molecular flexibility index (Phi) is 4.05. The number of hydrogen-bond acceptors (Lipinski definition) is 3. The van der Waals surface area contributed by atoms with Gasteiger partial charge in [0.15, 0.2) is 0 Å². The highest BCUT2D eigenvalue weighted by Gasteiger charge is 2.40. The second kappa shape index (κ2) is 5.10. The van der Waals surface area contributed by atoms with Crippen molar-refractivity contribution in [2.75, 3.05) is 26.8 Å². The molecule has 1 saturated heterocycles. The largest absolute Gasteiger partial charge is 0.379 e. The molecule has 0 spiro atoms. The lowest BCUT2D eigenvalue weighted by Crippen LogP contribution is -2.49. The van der Waals surface area contributed by atoms with Crippen molar-refractivity contribution in [1.29, 1.82) is 0 Å². The summed E-state index contributed by atoms with van der Waals surface area (Å²) >= 11 is 0. The van der Waals surface area contributed by atoms with Gasteiger partial charge >= 0.3 is 0 Å². The zero-order valence-electron chi connectivity index (χ0n) is 12.5. The minimum Gasteiger partial charge on any atom is -0.379 e. The molecule has 2 atom stereocenters. The van der Waals surface area contributed by atoms with E-state index in [4.69, 9.17) is 10.5 Å². The third-order valence-corrected chi connectivity index (χ3v) is 5.17. The smallest absolute Gasteiger partial charge is 0.0624 e. The standard InChI is InChI=1S/C15H30N2O/c1-14(2)7-5-12(6-8-14)17(4)10-15(3)11-18-9-13(15)16/h12-13H,5-11,16H2,1-4H3. The van der Waals surface area contributed by atoms with E-state index in [2.05, 4.69) is 32.7 Å². The van der Waals surface area contributed by atoms with Crippen LogP contribution in [0.5, 0.6) is 0 Å². The first kappa shape index (κ1) is 14.3. The Balaban J connectivity index is 1.87. The third-order valence-electron chi connectivity index (χ3n) is 5.17. The van der Waals surface area contributed by atoms with E-state index in [0.29, 0.717) is 5.41 Å². The zero-order chi connectivity index (χ0) is 13.4. The molecule has 2 unspecified atom stereocenters. The van der Waals surface area contributed by atoms with Gasteiger partial charge in [-0.25, -0.2) is 0 Å². The van der Waals surface area contributed by atoms with Gasteiger partial charge < -0.3 is 15.4 Å². The van der Waals surface area contributed by atoms with E-state index in [9.17, 15) is 0 Å². The van der Waals surface area contributed by atoms with Gasteiger partial charge in [0.1, 0.15) is 0 Å². The molecule has 3 nitrogen and oxygen atoms in total. The maximum absolute atomic E-state index is 6.18. The van der Waals surface area contributed by atoms with Crippen molar-refractivity contribution in [3.8, 4) is 0 Å². The maximum Gasteiger partial charge on any atom is 0.0624 e. The molecule has 1 saturated carbocycles. The molecule has 1 aliphatic carbocycles. The lowest BCUT2D eigenvalue weighted by Gasteiger charge is -2.41. The van der Waals surface area contributed by atoms with Gasteiger partial charge in [0, 0.05) is 24.0 Å². The van der Waals surface area contributed by atoms with E-state index in [1.54, 1.807) is 0 Å². The predicted octanol–water partition coefficient (Wildman–Crippen LogP) is 2.25. The van der Waals surface area contributed by atoms with Crippen LogP contribution in [0.25, 0.3) is 0 Å². The normalized spacial score (nSPS) is 37.3. The van der Waals surface area contributed by atoms with Crippen molar-refractivity contribution in [3.05, 3.63) is 0 Å². The van der Waals surface area contributed by atoms with Gasteiger partial charge in [-0.05, 0) is 38.1 Å². The summed E-state index contributed by atoms with van der Waals surface area (Å²) in [5, 5.41) is 0. The van der Waals surface area contributed by atoms with Gasteiger partial charge in [-0.1, -0.05) is 20.8 Å². The number of hydrogen-bond donors (Lipinski definition) is 1. The number of nitrogens with two attached hydrogens (primary N) is 1. The average molecular weight is 254 g/mol. The summed E-state index contributed by atoms with van der Waals surface area (Å²) in [6.07, 6.45) is 5.36. The molecule has 0 bridgehead atoms. The molecule has 0 aromatic carbocycles. The average Bonchev–Trinajstić information content (AvgIpc) is 2.58. The van der Waals surface area contributed by atoms with Crippen molar-refractivity contribution in [1.82, 2.24) is 4.90 Å². The molecule has 0 aromatic heterocycles. The van der Waals surface area contributed by atoms with Gasteiger partial charge in [-0.3, -0.25) is 0 Å². The minimum atomic E-state index is 0.141. The van der Waals surface area contributed by atoms with Gasteiger partial charge in [-0.2, -0.15) is 0 Å². The van der Waals surface area contributed by atoms with Crippen molar-refractivity contribution >= 4 is 0 Å². The highest BCUT2D eigenvalue weighted by molar-refractivity contribution is 4.94. The summed E-state index contributed by atoms with van der Waals surface area (Å²) in [6.45, 7) is 9.67. The molecule has 2 aliphatic rings. The molecule has 2 fully saturated rings.